The summed E-state index contributed by atoms with van der Waals surface area (Å²) in [6, 6.07) is 17.4. The van der Waals surface area contributed by atoms with Crippen LogP contribution in [0.15, 0.2) is 65.6 Å². The van der Waals surface area contributed by atoms with Gasteiger partial charge in [-0.1, -0.05) is 23.8 Å². The first-order valence-corrected chi connectivity index (χ1v) is 13.2. The topological polar surface area (TPSA) is 88.2 Å². The average Bonchev–Trinajstić information content (AvgIpc) is 2.85. The fourth-order valence-corrected chi connectivity index (χ4v) is 5.28. The fourth-order valence-electron chi connectivity index (χ4n) is 4.22. The van der Waals surface area contributed by atoms with Gasteiger partial charge in [0.2, 0.25) is 0 Å². The van der Waals surface area contributed by atoms with E-state index in [2.05, 4.69) is 4.72 Å². The molecule has 0 atom stereocenters. The zero-order valence-corrected chi connectivity index (χ0v) is 21.8. The van der Waals surface area contributed by atoms with Crippen LogP contribution in [0.5, 0.6) is 11.5 Å². The second kappa shape index (κ2) is 10.5. The molecule has 36 heavy (non-hydrogen) atoms. The molecule has 1 aliphatic rings. The van der Waals surface area contributed by atoms with Crippen LogP contribution >= 0.6 is 0 Å². The van der Waals surface area contributed by atoms with Crippen LogP contribution in [0.3, 0.4) is 0 Å². The second-order valence-electron chi connectivity index (χ2n) is 8.87. The summed E-state index contributed by atoms with van der Waals surface area (Å²) in [5.74, 6) is 1.30. The molecule has 3 aromatic rings. The van der Waals surface area contributed by atoms with Crippen molar-refractivity contribution in [1.82, 2.24) is 4.90 Å². The van der Waals surface area contributed by atoms with Gasteiger partial charge in [-0.25, -0.2) is 13.2 Å². The molecule has 1 N–H and O–H groups in total. The maximum Gasteiger partial charge on any atom is 0.324 e. The summed E-state index contributed by atoms with van der Waals surface area (Å²) in [7, 11) is -0.660. The van der Waals surface area contributed by atoms with Crippen molar-refractivity contribution in [3.8, 4) is 11.5 Å². The number of ether oxygens (including phenoxy) is 2. The number of carbonyl (C=O) groups excluding carboxylic acids is 1. The summed E-state index contributed by atoms with van der Waals surface area (Å²) in [6.45, 7) is 5.23. The lowest BCUT2D eigenvalue weighted by molar-refractivity contribution is 0.192. The maximum absolute atomic E-state index is 13.6. The number of methoxy groups -OCH3 is 2. The van der Waals surface area contributed by atoms with Crippen LogP contribution in [0.1, 0.15) is 23.1 Å². The molecular weight excluding hydrogens is 478 g/mol. The largest absolute Gasteiger partial charge is 0.497 e. The number of anilines is 2. The third kappa shape index (κ3) is 5.57. The SMILES string of the molecule is COc1cc(CN2CCCN(c3ccc(C)cc3NS(=O)(=O)c3ccc(C)cc3)C2=O)cc(OC)c1. The van der Waals surface area contributed by atoms with Gasteiger partial charge in [-0.15, -0.1) is 0 Å². The minimum atomic E-state index is -3.83. The van der Waals surface area contributed by atoms with Gasteiger partial charge in [-0.05, 0) is 67.8 Å². The Labute approximate surface area is 212 Å². The standard InChI is InChI=1S/C27H31N3O5S/c1-19-6-9-24(10-7-19)36(32,33)28-25-14-20(2)8-11-26(25)30-13-5-12-29(27(30)31)18-21-15-22(34-3)17-23(16-21)35-4/h6-11,14-17,28H,5,12-13,18H2,1-4H3. The van der Waals surface area contributed by atoms with Gasteiger partial charge >= 0.3 is 6.03 Å². The van der Waals surface area contributed by atoms with Crippen LogP contribution in [0.25, 0.3) is 0 Å². The van der Waals surface area contributed by atoms with E-state index in [9.17, 15) is 13.2 Å². The van der Waals surface area contributed by atoms with E-state index in [-0.39, 0.29) is 10.9 Å². The van der Waals surface area contributed by atoms with Crippen molar-refractivity contribution in [1.29, 1.82) is 0 Å². The van der Waals surface area contributed by atoms with Crippen molar-refractivity contribution < 1.29 is 22.7 Å². The van der Waals surface area contributed by atoms with Crippen LogP contribution in [0.2, 0.25) is 0 Å². The van der Waals surface area contributed by atoms with Crippen molar-refractivity contribution >= 4 is 27.4 Å². The Balaban J connectivity index is 1.61. The quantitative estimate of drug-likeness (QED) is 0.464. The van der Waals surface area contributed by atoms with Crippen LogP contribution in [-0.2, 0) is 16.6 Å². The Bertz CT molecular complexity index is 1330. The lowest BCUT2D eigenvalue weighted by atomic mass is 10.1. The van der Waals surface area contributed by atoms with Gasteiger partial charge < -0.3 is 14.4 Å². The minimum absolute atomic E-state index is 0.166. The Morgan fingerprint density at radius 2 is 1.50 bits per heavy atom. The fraction of sp³-hybridized carbons (Fsp3) is 0.296. The first kappa shape index (κ1) is 25.4. The molecular formula is C27H31N3O5S. The highest BCUT2D eigenvalue weighted by Crippen LogP contribution is 2.32. The predicted molar refractivity (Wildman–Crippen MR) is 140 cm³/mol. The van der Waals surface area contributed by atoms with Crippen molar-refractivity contribution in [3.63, 3.8) is 0 Å². The normalized spacial score (nSPS) is 14.1. The molecule has 9 heteroatoms. The molecule has 0 saturated carbocycles. The van der Waals surface area contributed by atoms with Gasteiger partial charge in [-0.3, -0.25) is 9.62 Å². The number of hydrogen-bond donors (Lipinski definition) is 1. The van der Waals surface area contributed by atoms with Gasteiger partial charge in [0.1, 0.15) is 11.5 Å². The molecule has 1 saturated heterocycles. The zero-order chi connectivity index (χ0) is 25.9. The summed E-state index contributed by atoms with van der Waals surface area (Å²) < 4.78 is 39.7. The van der Waals surface area contributed by atoms with E-state index in [0.29, 0.717) is 42.5 Å². The zero-order valence-electron chi connectivity index (χ0n) is 20.9. The molecule has 8 nitrogen and oxygen atoms in total. The van der Waals surface area contributed by atoms with Crippen LogP contribution in [0, 0.1) is 13.8 Å². The lowest BCUT2D eigenvalue weighted by Crippen LogP contribution is -2.49. The number of benzene rings is 3. The maximum atomic E-state index is 13.6. The highest BCUT2D eigenvalue weighted by atomic mass is 32.2. The van der Waals surface area contributed by atoms with Crippen LogP contribution < -0.4 is 19.1 Å². The molecule has 1 fully saturated rings. The van der Waals surface area contributed by atoms with Crippen LogP contribution in [0.4, 0.5) is 16.2 Å². The van der Waals surface area contributed by atoms with Crippen molar-refractivity contribution in [2.24, 2.45) is 0 Å². The summed E-state index contributed by atoms with van der Waals surface area (Å²) in [6.07, 6.45) is 0.741. The van der Waals surface area contributed by atoms with E-state index < -0.39 is 10.0 Å². The smallest absolute Gasteiger partial charge is 0.324 e. The van der Waals surface area contributed by atoms with E-state index in [0.717, 1.165) is 23.1 Å². The highest BCUT2D eigenvalue weighted by Gasteiger charge is 2.29. The van der Waals surface area contributed by atoms with Gasteiger partial charge in [0.15, 0.2) is 0 Å². The molecule has 0 bridgehead atoms. The van der Waals surface area contributed by atoms with Crippen LogP contribution in [-0.4, -0.2) is 46.7 Å². The van der Waals surface area contributed by atoms with Gasteiger partial charge in [0.05, 0.1) is 30.5 Å². The predicted octanol–water partition coefficient (Wildman–Crippen LogP) is 4.95. The lowest BCUT2D eigenvalue weighted by Gasteiger charge is -2.36. The number of aryl methyl sites for hydroxylation is 2. The van der Waals surface area contributed by atoms with Gasteiger partial charge in [0.25, 0.3) is 10.0 Å². The highest BCUT2D eigenvalue weighted by molar-refractivity contribution is 7.92. The number of rotatable bonds is 8. The minimum Gasteiger partial charge on any atom is -0.497 e. The Morgan fingerprint density at radius 3 is 2.14 bits per heavy atom. The van der Waals surface area contributed by atoms with E-state index in [1.54, 1.807) is 66.5 Å². The van der Waals surface area contributed by atoms with Gasteiger partial charge in [0, 0.05) is 25.7 Å². The number of urea groups is 1. The molecule has 0 aliphatic carbocycles. The molecule has 1 aliphatic heterocycles. The number of nitrogens with one attached hydrogen (secondary N) is 1. The van der Waals surface area contributed by atoms with E-state index in [1.807, 2.05) is 32.0 Å². The van der Waals surface area contributed by atoms with E-state index >= 15 is 0 Å². The van der Waals surface area contributed by atoms with Crippen molar-refractivity contribution in [3.05, 3.63) is 77.4 Å². The monoisotopic (exact) mass is 509 g/mol. The average molecular weight is 510 g/mol. The number of carbonyl (C=O) groups is 1. The third-order valence-electron chi connectivity index (χ3n) is 6.11. The molecule has 0 radical (unpaired) electrons. The van der Waals surface area contributed by atoms with Gasteiger partial charge in [-0.2, -0.15) is 0 Å². The summed E-state index contributed by atoms with van der Waals surface area (Å²) >= 11 is 0. The van der Waals surface area contributed by atoms with E-state index in [4.69, 9.17) is 9.47 Å². The first-order chi connectivity index (χ1) is 17.2. The number of nitrogens with zero attached hydrogens (tertiary/aromatic N) is 2. The Hall–Kier alpha value is -3.72. The number of sulfonamides is 1. The molecule has 0 aromatic heterocycles. The number of amides is 2. The van der Waals surface area contributed by atoms with Crippen molar-refractivity contribution in [2.75, 3.05) is 36.9 Å². The molecule has 4 rings (SSSR count). The molecule has 1 heterocycles. The molecule has 0 unspecified atom stereocenters. The summed E-state index contributed by atoms with van der Waals surface area (Å²) in [5, 5.41) is 0. The summed E-state index contributed by atoms with van der Waals surface area (Å²) in [5.41, 5.74) is 3.62. The first-order valence-electron chi connectivity index (χ1n) is 11.7. The number of hydrogen-bond acceptors (Lipinski definition) is 5. The Morgan fingerprint density at radius 1 is 0.861 bits per heavy atom. The summed E-state index contributed by atoms with van der Waals surface area (Å²) in [4.78, 5) is 17.1. The molecule has 0 spiro atoms. The third-order valence-corrected chi connectivity index (χ3v) is 7.50. The van der Waals surface area contributed by atoms with Crippen molar-refractivity contribution in [2.45, 2.75) is 31.7 Å². The second-order valence-corrected chi connectivity index (χ2v) is 10.6. The van der Waals surface area contributed by atoms with E-state index in [1.165, 1.54) is 0 Å². The molecule has 3 aromatic carbocycles. The molecule has 190 valence electrons. The Kier molecular flexibility index (Phi) is 7.40. The molecule has 2 amide bonds.